The number of hydrogen-bond donors (Lipinski definition) is 1. The SMILES string of the molecule is OCc1ccncc1-c1cccc2c1ncn2CC(F)(F)F. The van der Waals surface area contributed by atoms with Crippen molar-refractivity contribution >= 4 is 11.0 Å². The van der Waals surface area contributed by atoms with Crippen molar-refractivity contribution in [3.63, 3.8) is 0 Å². The predicted molar refractivity (Wildman–Crippen MR) is 74.9 cm³/mol. The van der Waals surface area contributed by atoms with E-state index in [-0.39, 0.29) is 6.61 Å². The molecule has 3 aromatic rings. The number of aliphatic hydroxyl groups is 1. The number of halogens is 3. The summed E-state index contributed by atoms with van der Waals surface area (Å²) < 4.78 is 38.9. The minimum atomic E-state index is -4.31. The van der Waals surface area contributed by atoms with Crippen molar-refractivity contribution in [2.45, 2.75) is 19.3 Å². The second kappa shape index (κ2) is 5.42. The van der Waals surface area contributed by atoms with Gasteiger partial charge in [-0.25, -0.2) is 4.98 Å². The zero-order chi connectivity index (χ0) is 15.7. The number of rotatable bonds is 3. The maximum Gasteiger partial charge on any atom is 0.406 e. The van der Waals surface area contributed by atoms with Crippen LogP contribution in [0.5, 0.6) is 0 Å². The van der Waals surface area contributed by atoms with Crippen LogP contribution in [0.3, 0.4) is 0 Å². The highest BCUT2D eigenvalue weighted by molar-refractivity contribution is 5.92. The Bertz CT molecular complexity index is 811. The summed E-state index contributed by atoms with van der Waals surface area (Å²) in [6.07, 6.45) is -0.00854. The van der Waals surface area contributed by atoms with E-state index in [1.165, 1.54) is 6.33 Å². The van der Waals surface area contributed by atoms with Crippen molar-refractivity contribution in [2.24, 2.45) is 0 Å². The van der Waals surface area contributed by atoms with Crippen molar-refractivity contribution in [2.75, 3.05) is 0 Å². The van der Waals surface area contributed by atoms with E-state index in [1.54, 1.807) is 36.7 Å². The number of pyridine rings is 1. The molecule has 0 aliphatic heterocycles. The molecule has 0 aliphatic carbocycles. The second-order valence-electron chi connectivity index (χ2n) is 4.85. The van der Waals surface area contributed by atoms with Crippen LogP contribution in [0.2, 0.25) is 0 Å². The molecule has 0 atom stereocenters. The number of hydrogen-bond acceptors (Lipinski definition) is 3. The highest BCUT2D eigenvalue weighted by Crippen LogP contribution is 2.30. The number of benzene rings is 1. The van der Waals surface area contributed by atoms with Gasteiger partial charge in [-0.1, -0.05) is 12.1 Å². The molecule has 0 radical (unpaired) electrons. The molecular formula is C15H12F3N3O. The normalized spacial score (nSPS) is 12.0. The van der Waals surface area contributed by atoms with Crippen molar-refractivity contribution < 1.29 is 18.3 Å². The average molecular weight is 307 g/mol. The van der Waals surface area contributed by atoms with E-state index in [2.05, 4.69) is 9.97 Å². The van der Waals surface area contributed by atoms with Crippen LogP contribution < -0.4 is 0 Å². The first-order valence-corrected chi connectivity index (χ1v) is 6.54. The fourth-order valence-corrected chi connectivity index (χ4v) is 2.43. The van der Waals surface area contributed by atoms with Crippen molar-refractivity contribution in [1.29, 1.82) is 0 Å². The summed E-state index contributed by atoms with van der Waals surface area (Å²) in [4.78, 5) is 8.13. The Morgan fingerprint density at radius 3 is 2.68 bits per heavy atom. The van der Waals surface area contributed by atoms with Crippen LogP contribution in [-0.2, 0) is 13.2 Å². The molecule has 0 spiro atoms. The highest BCUT2D eigenvalue weighted by atomic mass is 19.4. The molecule has 7 heteroatoms. The van der Waals surface area contributed by atoms with Gasteiger partial charge in [0.25, 0.3) is 0 Å². The number of imidazole rings is 1. The molecule has 4 nitrogen and oxygen atoms in total. The van der Waals surface area contributed by atoms with E-state index >= 15 is 0 Å². The van der Waals surface area contributed by atoms with Crippen molar-refractivity contribution in [3.8, 4) is 11.1 Å². The van der Waals surface area contributed by atoms with Crippen LogP contribution in [0.15, 0.2) is 43.0 Å². The third-order valence-corrected chi connectivity index (χ3v) is 3.37. The summed E-state index contributed by atoms with van der Waals surface area (Å²) in [5.41, 5.74) is 2.80. The molecule has 3 rings (SSSR count). The van der Waals surface area contributed by atoms with Gasteiger partial charge >= 0.3 is 6.18 Å². The molecule has 2 aromatic heterocycles. The van der Waals surface area contributed by atoms with Crippen LogP contribution in [0.25, 0.3) is 22.2 Å². The third-order valence-electron chi connectivity index (χ3n) is 3.37. The lowest BCUT2D eigenvalue weighted by Gasteiger charge is -2.10. The topological polar surface area (TPSA) is 50.9 Å². The smallest absolute Gasteiger partial charge is 0.392 e. The Balaban J connectivity index is 2.16. The molecule has 0 saturated carbocycles. The largest absolute Gasteiger partial charge is 0.406 e. The van der Waals surface area contributed by atoms with Crippen LogP contribution in [-0.4, -0.2) is 25.8 Å². The maximum atomic E-state index is 12.6. The summed E-state index contributed by atoms with van der Waals surface area (Å²) >= 11 is 0. The summed E-state index contributed by atoms with van der Waals surface area (Å²) in [6, 6.07) is 6.68. The van der Waals surface area contributed by atoms with E-state index in [4.69, 9.17) is 0 Å². The van der Waals surface area contributed by atoms with Crippen molar-refractivity contribution in [1.82, 2.24) is 14.5 Å². The average Bonchev–Trinajstić information content (AvgIpc) is 2.88. The molecule has 1 N–H and O–H groups in total. The molecule has 0 amide bonds. The molecule has 0 fully saturated rings. The van der Waals surface area contributed by atoms with Gasteiger partial charge < -0.3 is 9.67 Å². The van der Waals surface area contributed by atoms with Crippen LogP contribution >= 0.6 is 0 Å². The zero-order valence-corrected chi connectivity index (χ0v) is 11.4. The standard InChI is InChI=1S/C15H12F3N3O/c16-15(17,18)8-21-9-20-14-11(2-1-3-13(14)21)12-6-19-5-4-10(12)7-22/h1-6,9,22H,7-8H2. The molecule has 22 heavy (non-hydrogen) atoms. The fourth-order valence-electron chi connectivity index (χ4n) is 2.43. The van der Waals surface area contributed by atoms with Crippen LogP contribution in [0.1, 0.15) is 5.56 Å². The molecule has 0 aliphatic rings. The first-order chi connectivity index (χ1) is 10.5. The lowest BCUT2D eigenvalue weighted by Crippen LogP contribution is -2.16. The second-order valence-corrected chi connectivity index (χ2v) is 4.85. The van der Waals surface area contributed by atoms with E-state index in [0.717, 1.165) is 4.57 Å². The van der Waals surface area contributed by atoms with E-state index in [0.29, 0.717) is 27.7 Å². The first-order valence-electron chi connectivity index (χ1n) is 6.54. The monoisotopic (exact) mass is 307 g/mol. The summed E-state index contributed by atoms with van der Waals surface area (Å²) in [5.74, 6) is 0. The molecule has 0 bridgehead atoms. The summed E-state index contributed by atoms with van der Waals surface area (Å²) in [6.45, 7) is -1.27. The van der Waals surface area contributed by atoms with E-state index < -0.39 is 12.7 Å². The number of fused-ring (bicyclic) bond motifs is 1. The maximum absolute atomic E-state index is 12.6. The number of para-hydroxylation sites is 1. The van der Waals surface area contributed by atoms with E-state index in [9.17, 15) is 18.3 Å². The first kappa shape index (κ1) is 14.5. The molecular weight excluding hydrogens is 295 g/mol. The Hall–Kier alpha value is -2.41. The lowest BCUT2D eigenvalue weighted by atomic mass is 10.0. The lowest BCUT2D eigenvalue weighted by molar-refractivity contribution is -0.139. The Kier molecular flexibility index (Phi) is 3.58. The van der Waals surface area contributed by atoms with Gasteiger partial charge in [0.2, 0.25) is 0 Å². The highest BCUT2D eigenvalue weighted by Gasteiger charge is 2.28. The number of aromatic nitrogens is 3. The molecule has 0 unspecified atom stereocenters. The molecule has 2 heterocycles. The van der Waals surface area contributed by atoms with Gasteiger partial charge in [-0.05, 0) is 17.7 Å². The van der Waals surface area contributed by atoms with Gasteiger partial charge in [0.15, 0.2) is 0 Å². The van der Waals surface area contributed by atoms with Gasteiger partial charge in [0.05, 0.1) is 24.0 Å². The third kappa shape index (κ3) is 2.67. The Labute approximate surface area is 123 Å². The van der Waals surface area contributed by atoms with Crippen LogP contribution in [0.4, 0.5) is 13.2 Å². The minimum Gasteiger partial charge on any atom is -0.392 e. The quantitative estimate of drug-likeness (QED) is 0.808. The fraction of sp³-hybridized carbons (Fsp3) is 0.200. The van der Waals surface area contributed by atoms with Crippen molar-refractivity contribution in [3.05, 3.63) is 48.5 Å². The summed E-state index contributed by atoms with van der Waals surface area (Å²) in [7, 11) is 0. The zero-order valence-electron chi connectivity index (χ0n) is 11.4. The van der Waals surface area contributed by atoms with Gasteiger partial charge in [-0.3, -0.25) is 4.98 Å². The Morgan fingerprint density at radius 2 is 1.95 bits per heavy atom. The molecule has 1 aromatic carbocycles. The van der Waals surface area contributed by atoms with E-state index in [1.807, 2.05) is 0 Å². The van der Waals surface area contributed by atoms with Gasteiger partial charge in [-0.2, -0.15) is 13.2 Å². The minimum absolute atomic E-state index is 0.183. The number of nitrogens with zero attached hydrogens (tertiary/aromatic N) is 3. The Morgan fingerprint density at radius 1 is 1.14 bits per heavy atom. The van der Waals surface area contributed by atoms with Gasteiger partial charge in [0.1, 0.15) is 6.54 Å². The van der Waals surface area contributed by atoms with Gasteiger partial charge in [0, 0.05) is 23.5 Å². The van der Waals surface area contributed by atoms with Gasteiger partial charge in [-0.15, -0.1) is 0 Å². The van der Waals surface area contributed by atoms with Crippen LogP contribution in [0, 0.1) is 0 Å². The molecule has 114 valence electrons. The molecule has 0 saturated heterocycles. The number of alkyl halides is 3. The summed E-state index contributed by atoms with van der Waals surface area (Å²) in [5, 5.41) is 9.41. The predicted octanol–water partition coefficient (Wildman–Crippen LogP) is 3.15. The number of aliphatic hydroxyl groups excluding tert-OH is 1.